The minimum atomic E-state index is -0.190. The minimum absolute atomic E-state index is 0.190. The molecule has 1 heterocycles. The molecule has 0 aliphatic heterocycles. The topological polar surface area (TPSA) is 43.6 Å². The van der Waals surface area contributed by atoms with Crippen molar-refractivity contribution in [2.24, 2.45) is 4.99 Å². The highest BCUT2D eigenvalue weighted by Gasteiger charge is 2.10. The number of nitrogens with zero attached hydrogens (tertiary/aromatic N) is 2. The van der Waals surface area contributed by atoms with Crippen LogP contribution >= 0.6 is 11.3 Å². The van der Waals surface area contributed by atoms with Gasteiger partial charge in [0.25, 0.3) is 5.91 Å². The fourth-order valence-corrected chi connectivity index (χ4v) is 4.15. The normalized spacial score (nSPS) is 11.6. The van der Waals surface area contributed by atoms with Crippen molar-refractivity contribution < 1.29 is 9.53 Å². The number of methoxy groups -OCH3 is 1. The monoisotopic (exact) mass is 378 g/mol. The first-order valence-corrected chi connectivity index (χ1v) is 9.49. The predicted molar refractivity (Wildman–Crippen MR) is 110 cm³/mol. The number of amides is 1. The summed E-state index contributed by atoms with van der Waals surface area (Å²) in [6, 6.07) is 9.96. The molecule has 3 rings (SSSR count). The largest absolute Gasteiger partial charge is 0.496 e. The molecule has 0 saturated carbocycles. The fourth-order valence-electron chi connectivity index (χ4n) is 3.02. The Morgan fingerprint density at radius 2 is 1.93 bits per heavy atom. The smallest absolute Gasteiger partial charge is 0.252 e. The van der Waals surface area contributed by atoms with Crippen molar-refractivity contribution in [2.75, 3.05) is 7.11 Å². The van der Waals surface area contributed by atoms with Gasteiger partial charge in [-0.25, -0.2) is 0 Å². The number of benzene rings is 2. The molecular weight excluding hydrogens is 356 g/mol. The van der Waals surface area contributed by atoms with Gasteiger partial charge < -0.3 is 9.30 Å². The zero-order valence-electron chi connectivity index (χ0n) is 16.0. The summed E-state index contributed by atoms with van der Waals surface area (Å²) < 4.78 is 8.28. The maximum absolute atomic E-state index is 12.6. The lowest BCUT2D eigenvalue weighted by Crippen LogP contribution is -2.17. The number of thiazole rings is 1. The van der Waals surface area contributed by atoms with Crippen LogP contribution in [0.2, 0.25) is 0 Å². The Balaban J connectivity index is 1.99. The summed E-state index contributed by atoms with van der Waals surface area (Å²) in [5.74, 6) is 3.29. The predicted octanol–water partition coefficient (Wildman–Crippen LogP) is 3.94. The second kappa shape index (κ2) is 7.81. The maximum atomic E-state index is 12.6. The van der Waals surface area contributed by atoms with Gasteiger partial charge in [-0.15, -0.1) is 6.42 Å². The number of terminal acetylenes is 1. The van der Waals surface area contributed by atoms with Crippen molar-refractivity contribution in [3.8, 4) is 18.1 Å². The molecule has 3 aromatic rings. The molecule has 0 aliphatic carbocycles. The number of ether oxygens (including phenoxy) is 1. The van der Waals surface area contributed by atoms with Crippen LogP contribution in [0.1, 0.15) is 22.3 Å². The molecule has 0 spiro atoms. The second-order valence-electron chi connectivity index (χ2n) is 6.57. The maximum Gasteiger partial charge on any atom is 0.252 e. The van der Waals surface area contributed by atoms with Gasteiger partial charge >= 0.3 is 0 Å². The van der Waals surface area contributed by atoms with Gasteiger partial charge in [0, 0.05) is 0 Å². The van der Waals surface area contributed by atoms with E-state index in [-0.39, 0.29) is 12.3 Å². The van der Waals surface area contributed by atoms with E-state index in [4.69, 9.17) is 11.2 Å². The lowest BCUT2D eigenvalue weighted by Gasteiger charge is -2.06. The summed E-state index contributed by atoms with van der Waals surface area (Å²) >= 11 is 1.49. The van der Waals surface area contributed by atoms with Crippen LogP contribution in [0.15, 0.2) is 35.3 Å². The van der Waals surface area contributed by atoms with Gasteiger partial charge in [0.15, 0.2) is 4.80 Å². The van der Waals surface area contributed by atoms with Gasteiger partial charge in [0.2, 0.25) is 0 Å². The molecule has 0 saturated heterocycles. The Morgan fingerprint density at radius 3 is 2.59 bits per heavy atom. The average Bonchev–Trinajstić information content (AvgIpc) is 2.92. The first-order valence-electron chi connectivity index (χ1n) is 8.68. The van der Waals surface area contributed by atoms with E-state index in [0.717, 1.165) is 27.1 Å². The van der Waals surface area contributed by atoms with Crippen LogP contribution in [0.5, 0.6) is 5.75 Å². The van der Waals surface area contributed by atoms with Gasteiger partial charge in [-0.1, -0.05) is 29.4 Å². The molecule has 0 unspecified atom stereocenters. The van der Waals surface area contributed by atoms with Crippen molar-refractivity contribution in [1.82, 2.24) is 4.57 Å². The standard InChI is InChI=1S/C22H22N2O2S/c1-6-9-24-18-11-14(2)15(3)12-20(18)27-22(24)23-21(25)13-17-7-8-19(26-5)16(4)10-17/h1,7-8,10-12H,9,13H2,2-5H3. The fraction of sp³-hybridized carbons (Fsp3) is 0.273. The van der Waals surface area contributed by atoms with Gasteiger partial charge in [-0.3, -0.25) is 4.79 Å². The van der Waals surface area contributed by atoms with E-state index in [1.165, 1.54) is 22.5 Å². The van der Waals surface area contributed by atoms with Crippen molar-refractivity contribution in [3.63, 3.8) is 0 Å². The zero-order valence-corrected chi connectivity index (χ0v) is 16.8. The number of aryl methyl sites for hydroxylation is 3. The number of carbonyl (C=O) groups is 1. The number of hydrogen-bond acceptors (Lipinski definition) is 3. The van der Waals surface area contributed by atoms with Crippen LogP contribution in [-0.2, 0) is 17.8 Å². The molecule has 1 aromatic heterocycles. The molecule has 4 nitrogen and oxygen atoms in total. The summed E-state index contributed by atoms with van der Waals surface area (Å²) in [5, 5.41) is 0. The summed E-state index contributed by atoms with van der Waals surface area (Å²) in [6.07, 6.45) is 5.78. The van der Waals surface area contributed by atoms with Crippen molar-refractivity contribution in [1.29, 1.82) is 0 Å². The third-order valence-corrected chi connectivity index (χ3v) is 5.62. The van der Waals surface area contributed by atoms with E-state index in [1.807, 2.05) is 29.7 Å². The molecule has 0 radical (unpaired) electrons. The third kappa shape index (κ3) is 3.96. The number of rotatable bonds is 4. The SMILES string of the molecule is C#CCn1c(=NC(=O)Cc2ccc(OC)c(C)c2)sc2cc(C)c(C)cc21. The van der Waals surface area contributed by atoms with Crippen molar-refractivity contribution in [2.45, 2.75) is 33.7 Å². The summed E-state index contributed by atoms with van der Waals surface area (Å²) in [6.45, 7) is 6.49. The van der Waals surface area contributed by atoms with Crippen LogP contribution < -0.4 is 9.54 Å². The van der Waals surface area contributed by atoms with Crippen LogP contribution in [0, 0.1) is 33.1 Å². The summed E-state index contributed by atoms with van der Waals surface area (Å²) in [7, 11) is 1.64. The first-order chi connectivity index (χ1) is 12.9. The Kier molecular flexibility index (Phi) is 5.48. The molecule has 2 aromatic carbocycles. The van der Waals surface area contributed by atoms with Gasteiger partial charge in [0.1, 0.15) is 5.75 Å². The average molecular weight is 378 g/mol. The first kappa shape index (κ1) is 18.9. The van der Waals surface area contributed by atoms with E-state index < -0.39 is 0 Å². The minimum Gasteiger partial charge on any atom is -0.496 e. The van der Waals surface area contributed by atoms with E-state index in [0.29, 0.717) is 11.3 Å². The highest BCUT2D eigenvalue weighted by Crippen LogP contribution is 2.22. The van der Waals surface area contributed by atoms with E-state index in [9.17, 15) is 4.79 Å². The highest BCUT2D eigenvalue weighted by atomic mass is 32.1. The van der Waals surface area contributed by atoms with Crippen molar-refractivity contribution >= 4 is 27.5 Å². The molecule has 0 bridgehead atoms. The molecular formula is C22H22N2O2S. The number of fused-ring (bicyclic) bond motifs is 1. The summed E-state index contributed by atoms with van der Waals surface area (Å²) in [5.41, 5.74) is 5.34. The van der Waals surface area contributed by atoms with Crippen LogP contribution in [0.4, 0.5) is 0 Å². The Hall–Kier alpha value is -2.84. The third-order valence-electron chi connectivity index (χ3n) is 4.58. The molecule has 0 N–H and O–H groups in total. The van der Waals surface area contributed by atoms with Crippen LogP contribution in [0.3, 0.4) is 0 Å². The lowest BCUT2D eigenvalue weighted by atomic mass is 10.1. The Labute approximate surface area is 163 Å². The number of hydrogen-bond donors (Lipinski definition) is 0. The van der Waals surface area contributed by atoms with Gasteiger partial charge in [-0.05, 0) is 61.2 Å². The number of carbonyl (C=O) groups excluding carboxylic acids is 1. The van der Waals surface area contributed by atoms with Crippen LogP contribution in [-0.4, -0.2) is 17.6 Å². The summed E-state index contributed by atoms with van der Waals surface area (Å²) in [4.78, 5) is 17.6. The molecule has 1 amide bonds. The Morgan fingerprint density at radius 1 is 1.19 bits per heavy atom. The van der Waals surface area contributed by atoms with Crippen molar-refractivity contribution in [3.05, 3.63) is 57.4 Å². The molecule has 138 valence electrons. The van der Waals surface area contributed by atoms with Crippen LogP contribution in [0.25, 0.3) is 10.2 Å². The van der Waals surface area contributed by atoms with E-state index in [2.05, 4.69) is 36.9 Å². The quantitative estimate of drug-likeness (QED) is 0.646. The van der Waals surface area contributed by atoms with Gasteiger partial charge in [0.05, 0.1) is 30.3 Å². The lowest BCUT2D eigenvalue weighted by molar-refractivity contribution is -0.117. The zero-order chi connectivity index (χ0) is 19.6. The molecule has 27 heavy (non-hydrogen) atoms. The van der Waals surface area contributed by atoms with E-state index in [1.54, 1.807) is 7.11 Å². The highest BCUT2D eigenvalue weighted by molar-refractivity contribution is 7.16. The molecule has 5 heteroatoms. The molecule has 0 fully saturated rings. The van der Waals surface area contributed by atoms with Gasteiger partial charge in [-0.2, -0.15) is 4.99 Å². The molecule has 0 atom stereocenters. The second-order valence-corrected chi connectivity index (χ2v) is 7.57. The Bertz CT molecular complexity index is 1130. The number of aromatic nitrogens is 1. The molecule has 0 aliphatic rings. The van der Waals surface area contributed by atoms with E-state index >= 15 is 0 Å².